The lowest BCUT2D eigenvalue weighted by Crippen LogP contribution is -2.18. The van der Waals surface area contributed by atoms with Crippen molar-refractivity contribution in [2.75, 3.05) is 14.1 Å². The topological polar surface area (TPSA) is 33.4 Å². The van der Waals surface area contributed by atoms with Crippen LogP contribution in [-0.4, -0.2) is 34.5 Å². The van der Waals surface area contributed by atoms with Gasteiger partial charge < -0.3 is 5.01 Å². The molecule has 0 amide bonds. The molecular formula is C14H18N4. The van der Waals surface area contributed by atoms with Crippen molar-refractivity contribution in [1.29, 1.82) is 0 Å². The summed E-state index contributed by atoms with van der Waals surface area (Å²) in [6, 6.07) is 8.33. The normalized spacial score (nSPS) is 11.6. The Kier molecular flexibility index (Phi) is 3.77. The van der Waals surface area contributed by atoms with Gasteiger partial charge in [0.25, 0.3) is 0 Å². The van der Waals surface area contributed by atoms with E-state index in [0.717, 1.165) is 17.8 Å². The largest absolute Gasteiger partial charge is 0.301 e. The van der Waals surface area contributed by atoms with Gasteiger partial charge in [0, 0.05) is 32.1 Å². The molecule has 4 nitrogen and oxygen atoms in total. The lowest BCUT2D eigenvalue weighted by atomic mass is 10.0. The van der Waals surface area contributed by atoms with Gasteiger partial charge >= 0.3 is 0 Å². The molecule has 0 atom stereocenters. The van der Waals surface area contributed by atoms with Gasteiger partial charge in [0.2, 0.25) is 0 Å². The third kappa shape index (κ3) is 2.59. The van der Waals surface area contributed by atoms with E-state index in [1.807, 2.05) is 35.9 Å². The summed E-state index contributed by atoms with van der Waals surface area (Å²) < 4.78 is 1.94. The smallest absolute Gasteiger partial charge is 0.165 e. The average Bonchev–Trinajstić information content (AvgIpc) is 2.89. The third-order valence-corrected chi connectivity index (χ3v) is 2.68. The monoisotopic (exact) mass is 242 g/mol. The zero-order valence-corrected chi connectivity index (χ0v) is 11.0. The predicted octanol–water partition coefficient (Wildman–Crippen LogP) is 2.22. The van der Waals surface area contributed by atoms with Crippen molar-refractivity contribution in [2.24, 2.45) is 5.10 Å². The zero-order chi connectivity index (χ0) is 13.0. The second-order valence-electron chi connectivity index (χ2n) is 4.25. The first-order valence-electron chi connectivity index (χ1n) is 6.05. The Bertz CT molecular complexity index is 526. The zero-order valence-electron chi connectivity index (χ0n) is 11.0. The molecule has 0 spiro atoms. The highest BCUT2D eigenvalue weighted by molar-refractivity contribution is 6.01. The van der Waals surface area contributed by atoms with Gasteiger partial charge in [-0.05, 0) is 12.0 Å². The number of aromatic nitrogens is 2. The van der Waals surface area contributed by atoms with Gasteiger partial charge in [-0.15, -0.1) is 0 Å². The van der Waals surface area contributed by atoms with Crippen molar-refractivity contribution in [3.8, 4) is 0 Å². The molecule has 0 unspecified atom stereocenters. The van der Waals surface area contributed by atoms with Crippen LogP contribution in [-0.2, 0) is 6.42 Å². The maximum atomic E-state index is 4.57. The van der Waals surface area contributed by atoms with E-state index in [9.17, 15) is 0 Å². The van der Waals surface area contributed by atoms with Crippen LogP contribution >= 0.6 is 0 Å². The Labute approximate surface area is 108 Å². The molecule has 1 heterocycles. The molecule has 0 saturated heterocycles. The van der Waals surface area contributed by atoms with Crippen molar-refractivity contribution in [1.82, 2.24) is 14.6 Å². The first kappa shape index (κ1) is 12.4. The lowest BCUT2D eigenvalue weighted by Gasteiger charge is -2.14. The fourth-order valence-electron chi connectivity index (χ4n) is 1.87. The van der Waals surface area contributed by atoms with Crippen molar-refractivity contribution < 1.29 is 0 Å². The molecule has 0 bridgehead atoms. The number of benzene rings is 1. The summed E-state index contributed by atoms with van der Waals surface area (Å²) in [5, 5.41) is 6.38. The molecule has 4 heteroatoms. The van der Waals surface area contributed by atoms with E-state index in [1.54, 1.807) is 12.5 Å². The minimum atomic E-state index is 0.898. The highest BCUT2D eigenvalue weighted by Gasteiger charge is 2.10. The maximum Gasteiger partial charge on any atom is 0.165 e. The van der Waals surface area contributed by atoms with Gasteiger partial charge in [-0.3, -0.25) is 4.57 Å². The highest BCUT2D eigenvalue weighted by atomic mass is 15.4. The van der Waals surface area contributed by atoms with E-state index < -0.39 is 0 Å². The Balaban J connectivity index is 2.54. The fraction of sp³-hybridized carbons (Fsp3) is 0.286. The van der Waals surface area contributed by atoms with Crippen molar-refractivity contribution >= 4 is 5.84 Å². The first-order chi connectivity index (χ1) is 8.72. The van der Waals surface area contributed by atoms with E-state index in [1.165, 1.54) is 5.56 Å². The number of aryl methyl sites for hydroxylation is 1. The SMILES string of the molecule is CCc1ccccc1C(=NN(C)C)n1ccnc1. The van der Waals surface area contributed by atoms with Crippen LogP contribution in [0.15, 0.2) is 48.1 Å². The summed E-state index contributed by atoms with van der Waals surface area (Å²) in [4.78, 5) is 4.09. The molecule has 0 fully saturated rings. The van der Waals surface area contributed by atoms with E-state index in [4.69, 9.17) is 0 Å². The van der Waals surface area contributed by atoms with Crippen LogP contribution in [0.2, 0.25) is 0 Å². The molecule has 0 aliphatic heterocycles. The molecule has 0 radical (unpaired) electrons. The second-order valence-corrected chi connectivity index (χ2v) is 4.25. The van der Waals surface area contributed by atoms with Crippen molar-refractivity contribution in [3.05, 3.63) is 54.1 Å². The highest BCUT2D eigenvalue weighted by Crippen LogP contribution is 2.12. The predicted molar refractivity (Wildman–Crippen MR) is 73.7 cm³/mol. The van der Waals surface area contributed by atoms with Crippen LogP contribution in [0.25, 0.3) is 0 Å². The quantitative estimate of drug-likeness (QED) is 0.470. The van der Waals surface area contributed by atoms with E-state index in [0.29, 0.717) is 0 Å². The molecule has 1 aromatic carbocycles. The fourth-order valence-corrected chi connectivity index (χ4v) is 1.87. The standard InChI is InChI=1S/C14H18N4/c1-4-12-7-5-6-8-13(12)14(16-17(2)3)18-10-9-15-11-18/h5-11H,4H2,1-3H3. The lowest BCUT2D eigenvalue weighted by molar-refractivity contribution is 0.435. The molecule has 2 rings (SSSR count). The number of hydrazone groups is 1. The van der Waals surface area contributed by atoms with Crippen LogP contribution < -0.4 is 0 Å². The van der Waals surface area contributed by atoms with Crippen LogP contribution in [0.3, 0.4) is 0 Å². The van der Waals surface area contributed by atoms with Crippen LogP contribution in [0.4, 0.5) is 0 Å². The van der Waals surface area contributed by atoms with Gasteiger partial charge in [0.1, 0.15) is 6.33 Å². The van der Waals surface area contributed by atoms with E-state index >= 15 is 0 Å². The summed E-state index contributed by atoms with van der Waals surface area (Å²) in [6.07, 6.45) is 6.43. The Morgan fingerprint density at radius 3 is 2.72 bits per heavy atom. The molecule has 0 aliphatic rings. The summed E-state index contributed by atoms with van der Waals surface area (Å²) in [7, 11) is 3.84. The Morgan fingerprint density at radius 1 is 1.33 bits per heavy atom. The van der Waals surface area contributed by atoms with Crippen LogP contribution in [0.1, 0.15) is 18.1 Å². The molecule has 0 aliphatic carbocycles. The molecule has 94 valence electrons. The van der Waals surface area contributed by atoms with Gasteiger partial charge in [0.15, 0.2) is 5.84 Å². The Morgan fingerprint density at radius 2 is 2.11 bits per heavy atom. The van der Waals surface area contributed by atoms with Gasteiger partial charge in [-0.25, -0.2) is 4.98 Å². The molecule has 0 saturated carbocycles. The van der Waals surface area contributed by atoms with Crippen LogP contribution in [0.5, 0.6) is 0 Å². The summed E-state index contributed by atoms with van der Waals surface area (Å²) >= 11 is 0. The van der Waals surface area contributed by atoms with E-state index in [-0.39, 0.29) is 0 Å². The van der Waals surface area contributed by atoms with Crippen molar-refractivity contribution in [3.63, 3.8) is 0 Å². The molecule has 0 N–H and O–H groups in total. The number of hydrogen-bond acceptors (Lipinski definition) is 3. The number of nitrogens with zero attached hydrogens (tertiary/aromatic N) is 4. The molecular weight excluding hydrogens is 224 g/mol. The minimum Gasteiger partial charge on any atom is -0.301 e. The average molecular weight is 242 g/mol. The summed E-state index contributed by atoms with van der Waals surface area (Å²) in [5.41, 5.74) is 2.43. The molecule has 1 aromatic heterocycles. The third-order valence-electron chi connectivity index (χ3n) is 2.68. The first-order valence-corrected chi connectivity index (χ1v) is 6.05. The number of hydrogen-bond donors (Lipinski definition) is 0. The van der Waals surface area contributed by atoms with Gasteiger partial charge in [-0.1, -0.05) is 31.2 Å². The summed E-state index contributed by atoms with van der Waals surface area (Å²) in [5.74, 6) is 0.898. The number of imidazole rings is 1. The number of rotatable bonds is 3. The van der Waals surface area contributed by atoms with Gasteiger partial charge in [0.05, 0.1) is 0 Å². The van der Waals surface area contributed by atoms with Crippen LogP contribution in [0, 0.1) is 0 Å². The van der Waals surface area contributed by atoms with E-state index in [2.05, 4.69) is 35.2 Å². The van der Waals surface area contributed by atoms with Gasteiger partial charge in [-0.2, -0.15) is 5.10 Å². The second kappa shape index (κ2) is 5.49. The summed E-state index contributed by atoms with van der Waals surface area (Å²) in [6.45, 7) is 2.15. The molecule has 2 aromatic rings. The molecule has 18 heavy (non-hydrogen) atoms. The minimum absolute atomic E-state index is 0.898. The van der Waals surface area contributed by atoms with Crippen molar-refractivity contribution in [2.45, 2.75) is 13.3 Å². The maximum absolute atomic E-state index is 4.57. The Hall–Kier alpha value is -2.10.